The molecule has 6 heteroatoms. The first kappa shape index (κ1) is 20.8. The maximum atomic E-state index is 11.3. The van der Waals surface area contributed by atoms with Gasteiger partial charge in [0.15, 0.2) is 0 Å². The largest absolute Gasteiger partial charge is 0.460 e. The molecule has 3 heterocycles. The molecule has 3 fully saturated rings. The molecule has 0 unspecified atom stereocenters. The molecular formula is C23H32O6. The van der Waals surface area contributed by atoms with Crippen molar-refractivity contribution in [3.63, 3.8) is 0 Å². The number of ether oxygens (including phenoxy) is 4. The molecule has 0 radical (unpaired) electrons. The third-order valence-corrected chi connectivity index (χ3v) is 6.24. The average Bonchev–Trinajstić information content (AvgIpc) is 3.48. The van der Waals surface area contributed by atoms with Crippen LogP contribution in [0.4, 0.5) is 0 Å². The van der Waals surface area contributed by atoms with Crippen LogP contribution in [0.2, 0.25) is 0 Å². The molecule has 3 aliphatic rings. The van der Waals surface area contributed by atoms with Crippen LogP contribution in [0.15, 0.2) is 30.3 Å². The predicted octanol–water partition coefficient (Wildman–Crippen LogP) is 3.15. The second-order valence-corrected chi connectivity index (χ2v) is 8.40. The number of esters is 1. The number of hydrogen-bond acceptors (Lipinski definition) is 6. The molecule has 1 N–H and O–H groups in total. The Morgan fingerprint density at radius 3 is 2.45 bits per heavy atom. The van der Waals surface area contributed by atoms with Crippen molar-refractivity contribution in [3.05, 3.63) is 35.9 Å². The number of cyclic esters (lactones) is 1. The van der Waals surface area contributed by atoms with Crippen LogP contribution < -0.4 is 0 Å². The Balaban J connectivity index is 1.12. The third kappa shape index (κ3) is 5.57. The summed E-state index contributed by atoms with van der Waals surface area (Å²) in [5.41, 5.74) is 1.16. The predicted molar refractivity (Wildman–Crippen MR) is 106 cm³/mol. The highest BCUT2D eigenvalue weighted by molar-refractivity contribution is 5.71. The van der Waals surface area contributed by atoms with E-state index in [1.165, 1.54) is 0 Å². The van der Waals surface area contributed by atoms with Gasteiger partial charge in [-0.2, -0.15) is 0 Å². The van der Waals surface area contributed by atoms with E-state index >= 15 is 0 Å². The van der Waals surface area contributed by atoms with Crippen LogP contribution in [0.1, 0.15) is 56.9 Å². The van der Waals surface area contributed by atoms with Gasteiger partial charge >= 0.3 is 5.97 Å². The fourth-order valence-electron chi connectivity index (χ4n) is 4.64. The number of hydrogen-bond donors (Lipinski definition) is 1. The fraction of sp³-hybridized carbons (Fsp3) is 0.696. The van der Waals surface area contributed by atoms with E-state index < -0.39 is 6.10 Å². The number of aliphatic hydroxyl groups is 1. The Hall–Kier alpha value is -1.47. The van der Waals surface area contributed by atoms with E-state index in [-0.39, 0.29) is 36.5 Å². The van der Waals surface area contributed by atoms with Crippen LogP contribution in [0.25, 0.3) is 0 Å². The van der Waals surface area contributed by atoms with E-state index in [4.69, 9.17) is 18.9 Å². The van der Waals surface area contributed by atoms with Crippen molar-refractivity contribution < 1.29 is 28.8 Å². The van der Waals surface area contributed by atoms with E-state index in [2.05, 4.69) is 0 Å². The van der Waals surface area contributed by atoms with Crippen LogP contribution in [0.5, 0.6) is 0 Å². The molecule has 0 saturated carbocycles. The van der Waals surface area contributed by atoms with Gasteiger partial charge in [-0.3, -0.25) is 4.79 Å². The summed E-state index contributed by atoms with van der Waals surface area (Å²) in [5, 5.41) is 10.5. The molecule has 6 atom stereocenters. The van der Waals surface area contributed by atoms with Crippen LogP contribution >= 0.6 is 0 Å². The monoisotopic (exact) mass is 404 g/mol. The number of rotatable bonds is 9. The number of aliphatic hydroxyl groups excluding tert-OH is 1. The highest BCUT2D eigenvalue weighted by Gasteiger charge is 2.43. The zero-order chi connectivity index (χ0) is 20.1. The molecular weight excluding hydrogens is 372 g/mol. The number of benzene rings is 1. The van der Waals surface area contributed by atoms with Crippen molar-refractivity contribution in [3.8, 4) is 0 Å². The molecule has 0 amide bonds. The summed E-state index contributed by atoms with van der Waals surface area (Å²) in [6.07, 6.45) is 5.76. The Bertz CT molecular complexity index is 650. The average molecular weight is 405 g/mol. The lowest BCUT2D eigenvalue weighted by molar-refractivity contribution is -0.149. The van der Waals surface area contributed by atoms with Crippen molar-refractivity contribution in [1.82, 2.24) is 0 Å². The molecule has 4 rings (SSSR count). The maximum absolute atomic E-state index is 11.3. The van der Waals surface area contributed by atoms with Crippen LogP contribution in [-0.2, 0) is 30.3 Å². The quantitative estimate of drug-likeness (QED) is 0.503. The Labute approximate surface area is 172 Å². The van der Waals surface area contributed by atoms with Crippen molar-refractivity contribution in [2.45, 2.75) is 94.6 Å². The van der Waals surface area contributed by atoms with Gasteiger partial charge < -0.3 is 24.1 Å². The summed E-state index contributed by atoms with van der Waals surface area (Å²) in [6, 6.07) is 10.1. The van der Waals surface area contributed by atoms with Gasteiger partial charge in [-0.15, -0.1) is 0 Å². The summed E-state index contributed by atoms with van der Waals surface area (Å²) < 4.78 is 23.3. The Morgan fingerprint density at radius 1 is 0.966 bits per heavy atom. The highest BCUT2D eigenvalue weighted by Crippen LogP contribution is 2.36. The van der Waals surface area contributed by atoms with Gasteiger partial charge in [0.2, 0.25) is 0 Å². The van der Waals surface area contributed by atoms with E-state index in [1.807, 2.05) is 30.3 Å². The molecule has 0 aliphatic carbocycles. The Kier molecular flexibility index (Phi) is 7.19. The first-order valence-electron chi connectivity index (χ1n) is 11.0. The van der Waals surface area contributed by atoms with Gasteiger partial charge in [0.05, 0.1) is 37.1 Å². The van der Waals surface area contributed by atoms with Crippen LogP contribution in [0.3, 0.4) is 0 Å². The van der Waals surface area contributed by atoms with Gasteiger partial charge in [-0.25, -0.2) is 0 Å². The summed E-state index contributed by atoms with van der Waals surface area (Å²) >= 11 is 0. The first-order valence-corrected chi connectivity index (χ1v) is 11.0. The minimum Gasteiger partial charge on any atom is -0.460 e. The molecule has 29 heavy (non-hydrogen) atoms. The van der Waals surface area contributed by atoms with Crippen molar-refractivity contribution in [2.24, 2.45) is 0 Å². The number of carbonyl (C=O) groups excluding carboxylic acids is 1. The van der Waals surface area contributed by atoms with E-state index in [0.717, 1.165) is 44.1 Å². The SMILES string of the molecule is O=C1CC[C@H]([C@@H]2CC[C@@H]([C@H]3CC[C@@H]([C@H](O)CCCOCc4ccccc4)O3)O2)O1. The number of carbonyl (C=O) groups is 1. The third-order valence-electron chi connectivity index (χ3n) is 6.24. The lowest BCUT2D eigenvalue weighted by atomic mass is 10.0. The molecule has 6 nitrogen and oxygen atoms in total. The standard InChI is InChI=1S/C23H32O6/c24-17(7-4-14-26-15-16-5-2-1-3-6-16)18-8-9-19(27-18)20-10-11-21(28-20)22-12-13-23(25)29-22/h1-3,5-6,17-22,24H,4,7-15H2/t17-,18+,19-,20+,21+,22-/m1/s1. The first-order chi connectivity index (χ1) is 14.2. The highest BCUT2D eigenvalue weighted by atomic mass is 16.6. The van der Waals surface area contributed by atoms with Crippen molar-refractivity contribution >= 4 is 5.97 Å². The zero-order valence-corrected chi connectivity index (χ0v) is 16.9. The van der Waals surface area contributed by atoms with Crippen LogP contribution in [-0.4, -0.2) is 54.3 Å². The van der Waals surface area contributed by atoms with Gasteiger partial charge in [-0.05, 0) is 50.5 Å². The van der Waals surface area contributed by atoms with E-state index in [1.54, 1.807) is 0 Å². The zero-order valence-electron chi connectivity index (χ0n) is 16.9. The summed E-state index contributed by atoms with van der Waals surface area (Å²) in [5.74, 6) is -0.116. The topological polar surface area (TPSA) is 74.2 Å². The molecule has 1 aromatic carbocycles. The summed E-state index contributed by atoms with van der Waals surface area (Å²) in [4.78, 5) is 11.3. The van der Waals surface area contributed by atoms with Crippen molar-refractivity contribution in [2.75, 3.05) is 6.61 Å². The molecule has 0 bridgehead atoms. The van der Waals surface area contributed by atoms with Crippen molar-refractivity contribution in [1.29, 1.82) is 0 Å². The van der Waals surface area contributed by atoms with Gasteiger partial charge in [0.25, 0.3) is 0 Å². The lowest BCUT2D eigenvalue weighted by Gasteiger charge is -2.24. The molecule has 3 saturated heterocycles. The lowest BCUT2D eigenvalue weighted by Crippen LogP contribution is -2.33. The second-order valence-electron chi connectivity index (χ2n) is 8.40. The van der Waals surface area contributed by atoms with Gasteiger partial charge in [-0.1, -0.05) is 30.3 Å². The minimum absolute atomic E-state index is 0.000729. The summed E-state index contributed by atoms with van der Waals surface area (Å²) in [7, 11) is 0. The fourth-order valence-corrected chi connectivity index (χ4v) is 4.64. The van der Waals surface area contributed by atoms with E-state index in [9.17, 15) is 9.90 Å². The van der Waals surface area contributed by atoms with Crippen LogP contribution in [0, 0.1) is 0 Å². The molecule has 0 spiro atoms. The Morgan fingerprint density at radius 2 is 1.69 bits per heavy atom. The molecule has 0 aromatic heterocycles. The smallest absolute Gasteiger partial charge is 0.306 e. The second kappa shape index (κ2) is 10.0. The minimum atomic E-state index is -0.465. The van der Waals surface area contributed by atoms with E-state index in [0.29, 0.717) is 26.1 Å². The molecule has 160 valence electrons. The molecule has 1 aromatic rings. The maximum Gasteiger partial charge on any atom is 0.306 e. The van der Waals surface area contributed by atoms with Gasteiger partial charge in [0.1, 0.15) is 6.10 Å². The normalized spacial score (nSPS) is 33.1. The van der Waals surface area contributed by atoms with Gasteiger partial charge in [0, 0.05) is 13.0 Å². The summed E-state index contributed by atoms with van der Waals surface area (Å²) in [6.45, 7) is 1.24. The molecule has 3 aliphatic heterocycles.